The van der Waals surface area contributed by atoms with Gasteiger partial charge in [-0.3, -0.25) is 19.7 Å². The van der Waals surface area contributed by atoms with E-state index in [1.165, 1.54) is 25.3 Å². The van der Waals surface area contributed by atoms with Crippen molar-refractivity contribution < 1.29 is 24.1 Å². The molecule has 10 heteroatoms. The standard InChI is InChI=1S/C17H22N4O6/c1-26-15-10-13(21(24)25)6-7-14(15)19-16(22)11-18-27-12-17(23)20-8-4-2-3-5-9-20/h6-7,10-11H,2-5,8-9,12H2,1H3,(H,19,22)/b18-11-. The number of hydrogen-bond donors (Lipinski definition) is 1. The SMILES string of the molecule is COc1cc([N+](=O)[O-])ccc1NC(=O)/C=N\OCC(=O)N1CCCCCC1. The first-order valence-electron chi connectivity index (χ1n) is 8.58. The second kappa shape index (κ2) is 10.1. The minimum atomic E-state index is -0.621. The summed E-state index contributed by atoms with van der Waals surface area (Å²) in [6, 6.07) is 3.79. The summed E-state index contributed by atoms with van der Waals surface area (Å²) in [7, 11) is 1.33. The summed E-state index contributed by atoms with van der Waals surface area (Å²) < 4.78 is 5.03. The molecule has 27 heavy (non-hydrogen) atoms. The van der Waals surface area contributed by atoms with Gasteiger partial charge in [0.1, 0.15) is 12.0 Å². The van der Waals surface area contributed by atoms with Crippen molar-refractivity contribution in [2.24, 2.45) is 5.16 Å². The van der Waals surface area contributed by atoms with Crippen LogP contribution in [0.1, 0.15) is 25.7 Å². The van der Waals surface area contributed by atoms with E-state index >= 15 is 0 Å². The second-order valence-electron chi connectivity index (χ2n) is 5.93. The number of likely N-dealkylation sites (tertiary alicyclic amines) is 1. The molecule has 0 aromatic heterocycles. The fourth-order valence-electron chi connectivity index (χ4n) is 2.65. The number of benzene rings is 1. The van der Waals surface area contributed by atoms with E-state index in [-0.39, 0.29) is 29.6 Å². The van der Waals surface area contributed by atoms with Crippen LogP contribution in [0.5, 0.6) is 5.75 Å². The maximum absolute atomic E-state index is 12.0. The van der Waals surface area contributed by atoms with E-state index in [0.29, 0.717) is 13.1 Å². The maximum atomic E-state index is 12.0. The van der Waals surface area contributed by atoms with E-state index in [0.717, 1.165) is 31.9 Å². The third-order valence-corrected chi connectivity index (χ3v) is 4.05. The lowest BCUT2D eigenvalue weighted by Gasteiger charge is -2.19. The van der Waals surface area contributed by atoms with E-state index in [4.69, 9.17) is 9.57 Å². The Hall–Kier alpha value is -3.17. The fourth-order valence-corrected chi connectivity index (χ4v) is 2.65. The van der Waals surface area contributed by atoms with E-state index in [1.807, 2.05) is 0 Å². The third-order valence-electron chi connectivity index (χ3n) is 4.05. The third kappa shape index (κ3) is 6.24. The normalized spacial score (nSPS) is 14.5. The van der Waals surface area contributed by atoms with Gasteiger partial charge in [-0.1, -0.05) is 18.0 Å². The molecule has 2 rings (SSSR count). The predicted octanol–water partition coefficient (Wildman–Crippen LogP) is 1.95. The Morgan fingerprint density at radius 2 is 2.00 bits per heavy atom. The molecule has 1 aliphatic rings. The molecule has 0 bridgehead atoms. The van der Waals surface area contributed by atoms with Gasteiger partial charge in [-0.15, -0.1) is 0 Å². The lowest BCUT2D eigenvalue weighted by Crippen LogP contribution is -2.34. The van der Waals surface area contributed by atoms with E-state index < -0.39 is 10.8 Å². The highest BCUT2D eigenvalue weighted by atomic mass is 16.6. The van der Waals surface area contributed by atoms with Gasteiger partial charge < -0.3 is 19.8 Å². The van der Waals surface area contributed by atoms with Gasteiger partial charge in [-0.25, -0.2) is 0 Å². The zero-order valence-corrected chi connectivity index (χ0v) is 15.1. The molecule has 1 fully saturated rings. The minimum Gasteiger partial charge on any atom is -0.494 e. The number of non-ortho nitro benzene ring substituents is 1. The van der Waals surface area contributed by atoms with Crippen LogP contribution in [0.3, 0.4) is 0 Å². The number of nitro groups is 1. The lowest BCUT2D eigenvalue weighted by atomic mass is 10.2. The number of ether oxygens (including phenoxy) is 1. The van der Waals surface area contributed by atoms with Crippen molar-refractivity contribution in [3.63, 3.8) is 0 Å². The van der Waals surface area contributed by atoms with Crippen LogP contribution in [-0.4, -0.2) is 54.7 Å². The molecule has 2 amide bonds. The number of nitrogens with one attached hydrogen (secondary N) is 1. The summed E-state index contributed by atoms with van der Waals surface area (Å²) in [6.07, 6.45) is 5.09. The first kappa shape index (κ1) is 20.1. The van der Waals surface area contributed by atoms with E-state index in [2.05, 4.69) is 10.5 Å². The Morgan fingerprint density at radius 1 is 1.30 bits per heavy atom. The van der Waals surface area contributed by atoms with Crippen molar-refractivity contribution in [3.8, 4) is 5.75 Å². The molecule has 1 N–H and O–H groups in total. The number of nitro benzene ring substituents is 1. The topological polar surface area (TPSA) is 123 Å². The largest absolute Gasteiger partial charge is 0.494 e. The van der Waals surface area contributed by atoms with Crippen LogP contribution in [0.4, 0.5) is 11.4 Å². The van der Waals surface area contributed by atoms with Crippen LogP contribution < -0.4 is 10.1 Å². The van der Waals surface area contributed by atoms with Crippen molar-refractivity contribution in [3.05, 3.63) is 28.3 Å². The summed E-state index contributed by atoms with van der Waals surface area (Å²) in [5.41, 5.74) is 0.0917. The Bertz CT molecular complexity index is 713. The highest BCUT2D eigenvalue weighted by Gasteiger charge is 2.16. The number of methoxy groups -OCH3 is 1. The fraction of sp³-hybridized carbons (Fsp3) is 0.471. The van der Waals surface area contributed by atoms with Crippen LogP contribution in [0.2, 0.25) is 0 Å². The smallest absolute Gasteiger partial charge is 0.273 e. The summed E-state index contributed by atoms with van der Waals surface area (Å²) in [4.78, 5) is 40.7. The lowest BCUT2D eigenvalue weighted by molar-refractivity contribution is -0.384. The van der Waals surface area contributed by atoms with Crippen LogP contribution >= 0.6 is 0 Å². The first-order valence-corrected chi connectivity index (χ1v) is 8.58. The van der Waals surface area contributed by atoms with Gasteiger partial charge in [0.25, 0.3) is 17.5 Å². The maximum Gasteiger partial charge on any atom is 0.273 e. The van der Waals surface area contributed by atoms with Crippen LogP contribution in [0, 0.1) is 10.1 Å². The Kier molecular flexibility index (Phi) is 7.53. The minimum absolute atomic E-state index is 0.142. The summed E-state index contributed by atoms with van der Waals surface area (Å²) in [5.74, 6) is -0.640. The second-order valence-corrected chi connectivity index (χ2v) is 5.93. The summed E-state index contributed by atoms with van der Waals surface area (Å²) in [6.45, 7) is 1.20. The van der Waals surface area contributed by atoms with Crippen molar-refractivity contribution in [1.29, 1.82) is 0 Å². The number of carbonyl (C=O) groups excluding carboxylic acids is 2. The van der Waals surface area contributed by atoms with Crippen molar-refractivity contribution in [1.82, 2.24) is 4.90 Å². The van der Waals surface area contributed by atoms with Gasteiger partial charge in [0.05, 0.1) is 23.8 Å². The molecule has 1 heterocycles. The van der Waals surface area contributed by atoms with E-state index in [9.17, 15) is 19.7 Å². The van der Waals surface area contributed by atoms with Gasteiger partial charge in [-0.2, -0.15) is 0 Å². The molecule has 146 valence electrons. The number of oxime groups is 1. The number of nitrogens with zero attached hydrogens (tertiary/aromatic N) is 3. The highest BCUT2D eigenvalue weighted by molar-refractivity contribution is 6.31. The predicted molar refractivity (Wildman–Crippen MR) is 97.8 cm³/mol. The van der Waals surface area contributed by atoms with Crippen LogP contribution in [0.25, 0.3) is 0 Å². The van der Waals surface area contributed by atoms with Gasteiger partial charge in [-0.05, 0) is 18.9 Å². The summed E-state index contributed by atoms with van der Waals surface area (Å²) >= 11 is 0. The number of hydrogen-bond acceptors (Lipinski definition) is 7. The monoisotopic (exact) mass is 378 g/mol. The average Bonchev–Trinajstić information content (AvgIpc) is 2.94. The van der Waals surface area contributed by atoms with E-state index in [1.54, 1.807) is 4.90 Å². The molecule has 1 saturated heterocycles. The number of anilines is 1. The molecule has 0 atom stereocenters. The number of amides is 2. The molecule has 1 aromatic carbocycles. The molecule has 0 saturated carbocycles. The molecule has 1 aliphatic heterocycles. The van der Waals surface area contributed by atoms with Crippen molar-refractivity contribution >= 4 is 29.4 Å². The molecule has 0 unspecified atom stereocenters. The first-order chi connectivity index (χ1) is 13.0. The van der Waals surface area contributed by atoms with Gasteiger partial charge in [0.2, 0.25) is 0 Å². The highest BCUT2D eigenvalue weighted by Crippen LogP contribution is 2.28. The molecule has 10 nitrogen and oxygen atoms in total. The Balaban J connectivity index is 1.83. The van der Waals surface area contributed by atoms with Crippen LogP contribution in [-0.2, 0) is 14.4 Å². The average molecular weight is 378 g/mol. The molecular formula is C17H22N4O6. The number of rotatable bonds is 7. The summed E-state index contributed by atoms with van der Waals surface area (Å²) in [5, 5.41) is 16.7. The molecular weight excluding hydrogens is 356 g/mol. The van der Waals surface area contributed by atoms with Crippen LogP contribution in [0.15, 0.2) is 23.4 Å². The Morgan fingerprint density at radius 3 is 2.63 bits per heavy atom. The Labute approximate surface area is 156 Å². The number of carbonyl (C=O) groups is 2. The van der Waals surface area contributed by atoms with Gasteiger partial charge in [0, 0.05) is 19.2 Å². The zero-order valence-electron chi connectivity index (χ0n) is 15.1. The molecule has 0 spiro atoms. The van der Waals surface area contributed by atoms with Crippen molar-refractivity contribution in [2.45, 2.75) is 25.7 Å². The van der Waals surface area contributed by atoms with Gasteiger partial charge >= 0.3 is 0 Å². The molecule has 0 aliphatic carbocycles. The molecule has 1 aromatic rings. The quantitative estimate of drug-likeness (QED) is 0.439. The van der Waals surface area contributed by atoms with Gasteiger partial charge in [0.15, 0.2) is 6.61 Å². The zero-order chi connectivity index (χ0) is 19.6. The van der Waals surface area contributed by atoms with Crippen molar-refractivity contribution in [2.75, 3.05) is 32.1 Å². The molecule has 0 radical (unpaired) electrons.